The quantitative estimate of drug-likeness (QED) is 0.191. The third kappa shape index (κ3) is 5.27. The number of benzene rings is 4. The fraction of sp³-hybridized carbons (Fsp3) is 0.286. The summed E-state index contributed by atoms with van der Waals surface area (Å²) in [6.45, 7) is 4.91. The van der Waals surface area contributed by atoms with E-state index in [9.17, 15) is 0 Å². The molecular formula is C35H35BrN2O2. The highest BCUT2D eigenvalue weighted by Gasteiger charge is 2.35. The van der Waals surface area contributed by atoms with Gasteiger partial charge in [-0.1, -0.05) is 67.6 Å². The largest absolute Gasteiger partial charge is 0.493 e. The van der Waals surface area contributed by atoms with Gasteiger partial charge in [0.1, 0.15) is 0 Å². The Morgan fingerprint density at radius 2 is 1.48 bits per heavy atom. The van der Waals surface area contributed by atoms with Gasteiger partial charge in [0.2, 0.25) is 0 Å². The molecule has 0 aliphatic carbocycles. The summed E-state index contributed by atoms with van der Waals surface area (Å²) in [6.07, 6.45) is 5.10. The van der Waals surface area contributed by atoms with Crippen molar-refractivity contribution in [2.45, 2.75) is 38.0 Å². The summed E-state index contributed by atoms with van der Waals surface area (Å²) in [4.78, 5) is 7.65. The van der Waals surface area contributed by atoms with Crippen molar-refractivity contribution in [2.24, 2.45) is 4.99 Å². The normalized spacial score (nSPS) is 18.0. The number of anilines is 1. The van der Waals surface area contributed by atoms with Gasteiger partial charge in [0.15, 0.2) is 11.5 Å². The van der Waals surface area contributed by atoms with Crippen LogP contribution >= 0.6 is 15.9 Å². The smallest absolute Gasteiger partial charge is 0.175 e. The Morgan fingerprint density at radius 1 is 0.875 bits per heavy atom. The maximum atomic E-state index is 5.92. The zero-order valence-electron chi connectivity index (χ0n) is 23.1. The Balaban J connectivity index is 1.44. The van der Waals surface area contributed by atoms with Crippen LogP contribution in [0.5, 0.6) is 11.5 Å². The van der Waals surface area contributed by atoms with Crippen LogP contribution in [-0.2, 0) is 0 Å². The molecule has 2 unspecified atom stereocenters. The molecule has 0 saturated heterocycles. The average Bonchev–Trinajstić information content (AvgIpc) is 3.00. The third-order valence-corrected chi connectivity index (χ3v) is 8.65. The first kappa shape index (κ1) is 26.6. The third-order valence-electron chi connectivity index (χ3n) is 8.06. The molecule has 204 valence electrons. The van der Waals surface area contributed by atoms with Crippen LogP contribution in [0, 0.1) is 0 Å². The molecule has 4 aromatic carbocycles. The van der Waals surface area contributed by atoms with Crippen LogP contribution < -0.4 is 14.4 Å². The molecule has 0 amide bonds. The number of halogens is 1. The summed E-state index contributed by atoms with van der Waals surface area (Å²) in [6, 6.07) is 30.6. The van der Waals surface area contributed by atoms with Crippen molar-refractivity contribution in [3.63, 3.8) is 0 Å². The zero-order chi connectivity index (χ0) is 27.5. The van der Waals surface area contributed by atoms with Gasteiger partial charge in [-0.15, -0.1) is 0 Å². The number of hydrogen-bond acceptors (Lipinski definition) is 4. The van der Waals surface area contributed by atoms with E-state index in [1.165, 1.54) is 27.9 Å². The van der Waals surface area contributed by atoms with Gasteiger partial charge in [-0.2, -0.15) is 0 Å². The standard InChI is InChI=1S/C35H35BrN2O2/c1-3-18-40-35-32(36)19-24(20-33(35)39-2)23-37-27-21-30-28(25-10-6-4-7-11-25)14-16-38-17-15-29(31(22-27)34(30)38)26-12-8-5-9-13-26/h4-13,19-23,28-29H,3,14-18H2,1-2H3. The van der Waals surface area contributed by atoms with E-state index in [-0.39, 0.29) is 0 Å². The summed E-state index contributed by atoms with van der Waals surface area (Å²) in [5.41, 5.74) is 8.91. The average molecular weight is 596 g/mol. The van der Waals surface area contributed by atoms with E-state index >= 15 is 0 Å². The number of rotatable bonds is 8. The van der Waals surface area contributed by atoms with Gasteiger partial charge in [-0.05, 0) is 87.3 Å². The van der Waals surface area contributed by atoms with Crippen molar-refractivity contribution in [1.29, 1.82) is 0 Å². The SMILES string of the molecule is CCCOc1c(Br)cc(C=Nc2cc3c4c(c2)C(c2ccccc2)CCN4CCC3c2ccccc2)cc1OC. The first-order valence-corrected chi connectivity index (χ1v) is 15.0. The first-order chi connectivity index (χ1) is 19.7. The van der Waals surface area contributed by atoms with Gasteiger partial charge in [0, 0.05) is 36.8 Å². The minimum Gasteiger partial charge on any atom is -0.493 e. The van der Waals surface area contributed by atoms with Gasteiger partial charge < -0.3 is 14.4 Å². The van der Waals surface area contributed by atoms with Crippen molar-refractivity contribution < 1.29 is 9.47 Å². The molecule has 6 rings (SSSR count). The number of nitrogens with zero attached hydrogens (tertiary/aromatic N) is 2. The predicted molar refractivity (Wildman–Crippen MR) is 168 cm³/mol. The molecule has 40 heavy (non-hydrogen) atoms. The molecule has 0 bridgehead atoms. The maximum Gasteiger partial charge on any atom is 0.175 e. The molecule has 0 saturated carbocycles. The second-order valence-electron chi connectivity index (χ2n) is 10.6. The van der Waals surface area contributed by atoms with E-state index in [0.717, 1.165) is 53.8 Å². The lowest BCUT2D eigenvalue weighted by Crippen LogP contribution is -2.37. The molecule has 0 aromatic heterocycles. The lowest BCUT2D eigenvalue weighted by atomic mass is 9.76. The second-order valence-corrected chi connectivity index (χ2v) is 11.5. The van der Waals surface area contributed by atoms with Gasteiger partial charge in [-0.25, -0.2) is 0 Å². The van der Waals surface area contributed by atoms with Crippen LogP contribution in [0.4, 0.5) is 11.4 Å². The zero-order valence-corrected chi connectivity index (χ0v) is 24.7. The Kier molecular flexibility index (Phi) is 7.92. The van der Waals surface area contributed by atoms with Crippen LogP contribution in [0.25, 0.3) is 0 Å². The predicted octanol–water partition coefficient (Wildman–Crippen LogP) is 8.87. The van der Waals surface area contributed by atoms with E-state index in [2.05, 4.69) is 101 Å². The van der Waals surface area contributed by atoms with E-state index < -0.39 is 0 Å². The summed E-state index contributed by atoms with van der Waals surface area (Å²) >= 11 is 3.68. The topological polar surface area (TPSA) is 34.1 Å². The van der Waals surface area contributed by atoms with Crippen LogP contribution in [0.1, 0.15) is 65.8 Å². The molecule has 0 fully saturated rings. The van der Waals surface area contributed by atoms with Crippen LogP contribution in [0.3, 0.4) is 0 Å². The molecule has 4 aromatic rings. The van der Waals surface area contributed by atoms with E-state index in [1.54, 1.807) is 7.11 Å². The maximum absolute atomic E-state index is 5.92. The first-order valence-electron chi connectivity index (χ1n) is 14.2. The van der Waals surface area contributed by atoms with Crippen LogP contribution in [0.2, 0.25) is 0 Å². The minimum atomic E-state index is 0.361. The Labute approximate surface area is 245 Å². The van der Waals surface area contributed by atoms with Crippen molar-refractivity contribution in [3.05, 3.63) is 117 Å². The van der Waals surface area contributed by atoms with Crippen LogP contribution in [-0.4, -0.2) is 33.0 Å². The molecule has 2 heterocycles. The summed E-state index contributed by atoms with van der Waals surface area (Å²) in [7, 11) is 1.68. The molecule has 2 atom stereocenters. The fourth-order valence-corrected chi connectivity index (χ4v) is 6.80. The Hall–Kier alpha value is -3.57. The molecule has 5 heteroatoms. The Bertz CT molecular complexity index is 1430. The number of ether oxygens (including phenoxy) is 2. The lowest BCUT2D eigenvalue weighted by Gasteiger charge is -2.43. The fourth-order valence-electron chi connectivity index (χ4n) is 6.22. The lowest BCUT2D eigenvalue weighted by molar-refractivity contribution is 0.292. The van der Waals surface area contributed by atoms with Gasteiger partial charge in [0.05, 0.1) is 23.9 Å². The van der Waals surface area contributed by atoms with Gasteiger partial charge in [-0.3, -0.25) is 4.99 Å². The second kappa shape index (κ2) is 11.9. The van der Waals surface area contributed by atoms with Gasteiger partial charge >= 0.3 is 0 Å². The van der Waals surface area contributed by atoms with Crippen molar-refractivity contribution in [2.75, 3.05) is 31.7 Å². The molecule has 0 N–H and O–H groups in total. The van der Waals surface area contributed by atoms with E-state index in [1.807, 2.05) is 18.3 Å². The summed E-state index contributed by atoms with van der Waals surface area (Å²) in [5, 5.41) is 0. The molecule has 4 nitrogen and oxygen atoms in total. The van der Waals surface area contributed by atoms with Crippen LogP contribution in [0.15, 0.2) is 94.4 Å². The molecule has 2 aliphatic rings. The van der Waals surface area contributed by atoms with Crippen molar-refractivity contribution >= 4 is 33.5 Å². The summed E-state index contributed by atoms with van der Waals surface area (Å²) in [5.74, 6) is 2.16. The highest BCUT2D eigenvalue weighted by Crippen LogP contribution is 2.50. The molecule has 0 spiro atoms. The minimum absolute atomic E-state index is 0.361. The van der Waals surface area contributed by atoms with Gasteiger partial charge in [0.25, 0.3) is 0 Å². The number of methoxy groups -OCH3 is 1. The highest BCUT2D eigenvalue weighted by molar-refractivity contribution is 9.10. The molecule has 2 aliphatic heterocycles. The monoisotopic (exact) mass is 594 g/mol. The number of hydrogen-bond donors (Lipinski definition) is 0. The summed E-state index contributed by atoms with van der Waals surface area (Å²) < 4.78 is 12.4. The van der Waals surface area contributed by atoms with E-state index in [4.69, 9.17) is 14.5 Å². The molecule has 0 radical (unpaired) electrons. The van der Waals surface area contributed by atoms with Crippen molar-refractivity contribution in [1.82, 2.24) is 0 Å². The van der Waals surface area contributed by atoms with Crippen molar-refractivity contribution in [3.8, 4) is 11.5 Å². The number of aliphatic imine (C=N–C) groups is 1. The Morgan fingerprint density at radius 3 is 2.02 bits per heavy atom. The molecular weight excluding hydrogens is 560 g/mol. The van der Waals surface area contributed by atoms with E-state index in [0.29, 0.717) is 24.2 Å². The highest BCUT2D eigenvalue weighted by atomic mass is 79.9.